The van der Waals surface area contributed by atoms with Gasteiger partial charge in [-0.25, -0.2) is 0 Å². The molecule has 0 rings (SSSR count). The Hall–Kier alpha value is 1.19. The fourth-order valence-electron chi connectivity index (χ4n) is 3.92. The molecule has 4 nitrogen and oxygen atoms in total. The topological polar surface area (TPSA) is 43.7 Å². The van der Waals surface area contributed by atoms with Gasteiger partial charge in [0, 0.05) is 37.6 Å². The lowest BCUT2D eigenvalue weighted by molar-refractivity contribution is -0.890. The maximum atomic E-state index is 9.03. The van der Waals surface area contributed by atoms with Crippen LogP contribution in [0.5, 0.6) is 0 Å². The molecule has 0 atom stereocenters. The predicted octanol–water partition coefficient (Wildman–Crippen LogP) is 7.85. The van der Waals surface area contributed by atoms with Crippen LogP contribution in [0.1, 0.15) is 12.8 Å². The fraction of sp³-hybridized carbons (Fsp3) is 1.00. The van der Waals surface area contributed by atoms with E-state index in [0.717, 1.165) is 11.0 Å². The van der Waals surface area contributed by atoms with Crippen molar-refractivity contribution in [2.45, 2.75) is 115 Å². The van der Waals surface area contributed by atoms with E-state index in [9.17, 15) is 0 Å². The number of likely N-dealkylation sites (N-methyl/N-ethyl adjacent to an activating group) is 1. The number of nitrogens with zero attached hydrogens (tertiary/aromatic N) is 2. The molecule has 0 saturated heterocycles. The minimum atomic E-state index is -0.974. The van der Waals surface area contributed by atoms with E-state index in [1.807, 2.05) is 0 Å². The van der Waals surface area contributed by atoms with Crippen molar-refractivity contribution in [2.75, 3.05) is 66.4 Å². The van der Waals surface area contributed by atoms with E-state index in [4.69, 9.17) is 10.2 Å². The van der Waals surface area contributed by atoms with Crippen LogP contribution in [-0.2, 0) is 0 Å². The van der Waals surface area contributed by atoms with Gasteiger partial charge in [-0.3, -0.25) is 0 Å². The number of hydrogen-bond acceptors (Lipinski definition) is 3. The summed E-state index contributed by atoms with van der Waals surface area (Å²) < 4.78 is 0.967. The Morgan fingerprint density at radius 3 is 1.27 bits per heavy atom. The largest absolute Gasteiger partial charge is 0.396 e. The van der Waals surface area contributed by atoms with E-state index in [1.54, 1.807) is 6.04 Å². The molecule has 9 heteroatoms. The fourth-order valence-corrected chi connectivity index (χ4v) is 18.1. The summed E-state index contributed by atoms with van der Waals surface area (Å²) in [7, 11) is 5.31. The van der Waals surface area contributed by atoms with E-state index >= 15 is 0 Å². The van der Waals surface area contributed by atoms with Crippen LogP contribution in [-0.4, -0.2) is 118 Å². The van der Waals surface area contributed by atoms with E-state index in [0.29, 0.717) is 11.9 Å². The maximum Gasteiger partial charge on any atom is 0.102 e. The summed E-state index contributed by atoms with van der Waals surface area (Å²) in [6.45, 7) is 29.1. The van der Waals surface area contributed by atoms with Gasteiger partial charge in [-0.15, -0.1) is 0 Å². The van der Waals surface area contributed by atoms with Gasteiger partial charge in [0.2, 0.25) is 0 Å². The van der Waals surface area contributed by atoms with Crippen LogP contribution in [0.25, 0.3) is 0 Å². The molecule has 0 aliphatic rings. The van der Waals surface area contributed by atoms with Crippen molar-refractivity contribution in [2.24, 2.45) is 0 Å². The number of aliphatic hydroxyl groups excluding tert-OH is 2. The monoisotopic (exact) mass is 659 g/mol. The average molecular weight is 661 g/mol. The summed E-state index contributed by atoms with van der Waals surface area (Å²) in [5.74, 6) is 0. The summed E-state index contributed by atoms with van der Waals surface area (Å²) >= 11 is 3.00. The molecule has 0 amide bonds. The van der Waals surface area contributed by atoms with Crippen LogP contribution in [0, 0.1) is 0 Å². The minimum Gasteiger partial charge on any atom is -0.396 e. The quantitative estimate of drug-likeness (QED) is 0.0949. The molecule has 0 aromatic heterocycles. The smallest absolute Gasteiger partial charge is 0.102 e. The second-order valence-corrected chi connectivity index (χ2v) is 38.7. The standard InChI is InChI=1S/C14H36NOSi2.C12H31NSi2.C2H5BrO/c1-15(2,10-11-16)9-8-12-18(6,7)14-13-17(3,4)5;1-13(2)9-8-10-15(6,7)12-11-14(3,4)5;3-1-2-4/h16H,8-14H2,1-7H3;8-12H2,1-7H3;4H,1-2H2/q+1;;. The van der Waals surface area contributed by atoms with Crippen molar-refractivity contribution in [3.8, 4) is 0 Å². The first-order valence-corrected chi connectivity index (χ1v) is 30.1. The van der Waals surface area contributed by atoms with E-state index < -0.39 is 32.3 Å². The molecule has 0 unspecified atom stereocenters. The number of alkyl halides is 1. The van der Waals surface area contributed by atoms with Gasteiger partial charge < -0.3 is 19.6 Å². The summed E-state index contributed by atoms with van der Waals surface area (Å²) in [5, 5.41) is 17.5. The van der Waals surface area contributed by atoms with Crippen LogP contribution in [0.15, 0.2) is 0 Å². The molecule has 0 aliphatic carbocycles. The van der Waals surface area contributed by atoms with Crippen LogP contribution >= 0.6 is 15.9 Å². The SMILES string of the molecule is CN(C)CCC[Si](C)(C)CC[Si](C)(C)C.C[N+](C)(CCO)CCC[Si](C)(C)CC[Si](C)(C)C.OCCBr. The zero-order valence-corrected chi connectivity index (χ0v) is 33.7. The number of halogens is 1. The van der Waals surface area contributed by atoms with Crippen LogP contribution in [0.2, 0.25) is 102 Å². The highest BCUT2D eigenvalue weighted by molar-refractivity contribution is 9.09. The van der Waals surface area contributed by atoms with Crippen molar-refractivity contribution in [3.63, 3.8) is 0 Å². The first kappa shape index (κ1) is 42.7. The van der Waals surface area contributed by atoms with Gasteiger partial charge in [0.1, 0.15) is 6.54 Å². The first-order valence-electron chi connectivity index (χ1n) is 14.8. The molecular weight excluding hydrogens is 589 g/mol. The summed E-state index contributed by atoms with van der Waals surface area (Å²) in [5.41, 5.74) is 0. The third-order valence-electron chi connectivity index (χ3n) is 6.97. The molecular formula is C28H72BrN2O2Si4+. The van der Waals surface area contributed by atoms with Gasteiger partial charge in [0.05, 0.1) is 33.9 Å². The maximum absolute atomic E-state index is 9.03. The van der Waals surface area contributed by atoms with Crippen molar-refractivity contribution in [1.29, 1.82) is 0 Å². The highest BCUT2D eigenvalue weighted by atomic mass is 79.9. The summed E-state index contributed by atoms with van der Waals surface area (Å²) in [6.07, 6.45) is 2.73. The van der Waals surface area contributed by atoms with Gasteiger partial charge in [0.15, 0.2) is 0 Å². The number of hydrogen-bond donors (Lipinski definition) is 2. The van der Waals surface area contributed by atoms with Crippen LogP contribution < -0.4 is 0 Å². The molecule has 0 bridgehead atoms. The Morgan fingerprint density at radius 2 is 0.973 bits per heavy atom. The third-order valence-corrected chi connectivity index (χ3v) is 18.4. The highest BCUT2D eigenvalue weighted by Crippen LogP contribution is 2.25. The highest BCUT2D eigenvalue weighted by Gasteiger charge is 2.26. The molecule has 0 aromatic rings. The average Bonchev–Trinajstić information content (AvgIpc) is 2.70. The van der Waals surface area contributed by atoms with Crippen LogP contribution in [0.3, 0.4) is 0 Å². The minimum absolute atomic E-state index is 0.236. The third kappa shape index (κ3) is 37.2. The van der Waals surface area contributed by atoms with Gasteiger partial charge in [-0.05, 0) is 33.5 Å². The molecule has 0 spiro atoms. The molecule has 2 N–H and O–H groups in total. The zero-order valence-electron chi connectivity index (χ0n) is 28.1. The molecule has 37 heavy (non-hydrogen) atoms. The van der Waals surface area contributed by atoms with Crippen LogP contribution in [0.4, 0.5) is 0 Å². The predicted molar refractivity (Wildman–Crippen MR) is 188 cm³/mol. The molecule has 0 aliphatic heterocycles. The molecule has 0 saturated carbocycles. The molecule has 0 radical (unpaired) electrons. The normalized spacial score (nSPS) is 13.1. The van der Waals surface area contributed by atoms with Crippen molar-refractivity contribution >= 4 is 48.2 Å². The Labute approximate surface area is 247 Å². The Balaban J connectivity index is -0.000000551. The molecule has 228 valence electrons. The Bertz CT molecular complexity index is 533. The summed E-state index contributed by atoms with van der Waals surface area (Å²) in [6, 6.07) is 9.06. The number of quaternary nitrogens is 1. The van der Waals surface area contributed by atoms with E-state index in [1.165, 1.54) is 56.2 Å². The lowest BCUT2D eigenvalue weighted by Crippen LogP contribution is -2.43. The Kier molecular flexibility index (Phi) is 24.2. The first-order chi connectivity index (χ1) is 16.5. The number of rotatable bonds is 17. The zero-order chi connectivity index (χ0) is 30.0. The van der Waals surface area contributed by atoms with E-state index in [2.05, 4.69) is 114 Å². The van der Waals surface area contributed by atoms with Crippen molar-refractivity contribution in [1.82, 2.24) is 4.90 Å². The Morgan fingerprint density at radius 1 is 0.595 bits per heavy atom. The van der Waals surface area contributed by atoms with Crippen molar-refractivity contribution < 1.29 is 14.7 Å². The van der Waals surface area contributed by atoms with Gasteiger partial charge in [-0.1, -0.05) is 118 Å². The lowest BCUT2D eigenvalue weighted by atomic mass is 10.4. The van der Waals surface area contributed by atoms with E-state index in [-0.39, 0.29) is 6.61 Å². The molecule has 0 aromatic carbocycles. The molecule has 0 fully saturated rings. The lowest BCUT2D eigenvalue weighted by Gasteiger charge is -2.31. The second kappa shape index (κ2) is 21.0. The van der Waals surface area contributed by atoms with Gasteiger partial charge in [-0.2, -0.15) is 0 Å². The summed E-state index contributed by atoms with van der Waals surface area (Å²) in [4.78, 5) is 2.31. The second-order valence-electron chi connectivity index (χ2n) is 16.0. The van der Waals surface area contributed by atoms with Crippen molar-refractivity contribution in [3.05, 3.63) is 0 Å². The van der Waals surface area contributed by atoms with Gasteiger partial charge >= 0.3 is 0 Å². The van der Waals surface area contributed by atoms with Gasteiger partial charge in [0.25, 0.3) is 0 Å². The molecule has 0 heterocycles. The number of aliphatic hydroxyl groups is 2.